The predicted molar refractivity (Wildman–Crippen MR) is 50.4 cm³/mol. The van der Waals surface area contributed by atoms with Gasteiger partial charge in [-0.2, -0.15) is 0 Å². The Balaban J connectivity index is 3.46. The summed E-state index contributed by atoms with van der Waals surface area (Å²) in [5.74, 6) is -2.38. The predicted octanol–water partition coefficient (Wildman–Crippen LogP) is 1.27. The number of esters is 1. The van der Waals surface area contributed by atoms with Gasteiger partial charge in [-0.15, -0.1) is 0 Å². The van der Waals surface area contributed by atoms with Gasteiger partial charge < -0.3 is 9.84 Å². The molecule has 0 fully saturated rings. The van der Waals surface area contributed by atoms with E-state index < -0.39 is 23.2 Å². The molecule has 15 heavy (non-hydrogen) atoms. The molecule has 8 heteroatoms. The fourth-order valence-electron chi connectivity index (χ4n) is 0.845. The van der Waals surface area contributed by atoms with Crippen molar-refractivity contribution in [1.82, 2.24) is 9.97 Å². The molecule has 0 bridgehead atoms. The van der Waals surface area contributed by atoms with Crippen LogP contribution in [0.15, 0.2) is 0 Å². The number of hydrogen-bond acceptors (Lipinski definition) is 5. The molecule has 0 spiro atoms. The number of ether oxygens (including phenoxy) is 1. The lowest BCUT2D eigenvalue weighted by Gasteiger charge is -2.04. The number of hydrogen-bond donors (Lipinski definition) is 1. The number of carbonyl (C=O) groups excluding carboxylic acids is 1. The van der Waals surface area contributed by atoms with Gasteiger partial charge in [0.25, 0.3) is 0 Å². The molecular formula is C7H4Cl2N2O4. The first-order valence-corrected chi connectivity index (χ1v) is 4.27. The number of nitrogens with zero attached hydrogens (tertiary/aromatic N) is 2. The summed E-state index contributed by atoms with van der Waals surface area (Å²) in [7, 11) is 1.08. The number of aromatic nitrogens is 2. The average Bonchev–Trinajstić information content (AvgIpc) is 2.15. The summed E-state index contributed by atoms with van der Waals surface area (Å²) in [5, 5.41) is 8.03. The molecule has 0 saturated heterocycles. The van der Waals surface area contributed by atoms with Gasteiger partial charge in [0.2, 0.25) is 5.28 Å². The molecule has 1 aromatic heterocycles. The molecule has 0 aromatic carbocycles. The quantitative estimate of drug-likeness (QED) is 0.483. The van der Waals surface area contributed by atoms with Crippen molar-refractivity contribution in [2.45, 2.75) is 0 Å². The molecule has 1 rings (SSSR count). The number of carboxylic acid groups (broad SMARTS) is 1. The van der Waals surface area contributed by atoms with E-state index in [4.69, 9.17) is 28.3 Å². The molecule has 0 radical (unpaired) electrons. The highest BCUT2D eigenvalue weighted by molar-refractivity contribution is 6.34. The fraction of sp³-hybridized carbons (Fsp3) is 0.143. The van der Waals surface area contributed by atoms with Crippen LogP contribution < -0.4 is 0 Å². The van der Waals surface area contributed by atoms with Gasteiger partial charge in [0.15, 0.2) is 5.69 Å². The fourth-order valence-corrected chi connectivity index (χ4v) is 1.30. The van der Waals surface area contributed by atoms with Crippen molar-refractivity contribution in [3.63, 3.8) is 0 Å². The molecule has 1 N–H and O–H groups in total. The van der Waals surface area contributed by atoms with E-state index in [2.05, 4.69) is 14.7 Å². The summed E-state index contributed by atoms with van der Waals surface area (Å²) < 4.78 is 4.34. The Morgan fingerprint density at radius 3 is 2.40 bits per heavy atom. The molecule has 0 saturated carbocycles. The third kappa shape index (κ3) is 2.34. The Bertz CT molecular complexity index is 435. The van der Waals surface area contributed by atoms with Crippen molar-refractivity contribution in [3.05, 3.63) is 21.7 Å². The van der Waals surface area contributed by atoms with E-state index in [0.29, 0.717) is 0 Å². The van der Waals surface area contributed by atoms with Crippen LogP contribution in [-0.2, 0) is 4.74 Å². The van der Waals surface area contributed by atoms with Crippen molar-refractivity contribution >= 4 is 35.1 Å². The standard InChI is InChI=1S/C7H4Cl2N2O4/c1-15-6(14)2-3(5(12)13)10-7(9)11-4(2)8/h1H3,(H,12,13). The van der Waals surface area contributed by atoms with E-state index in [1.807, 2.05) is 0 Å². The minimum atomic E-state index is -1.44. The molecule has 0 unspecified atom stereocenters. The zero-order valence-electron chi connectivity index (χ0n) is 7.32. The first kappa shape index (κ1) is 11.7. The van der Waals surface area contributed by atoms with E-state index in [-0.39, 0.29) is 10.4 Å². The molecule has 0 aliphatic rings. The second-order valence-corrected chi connectivity index (χ2v) is 3.00. The highest BCUT2D eigenvalue weighted by Crippen LogP contribution is 2.19. The van der Waals surface area contributed by atoms with E-state index in [1.54, 1.807) is 0 Å². The second-order valence-electron chi connectivity index (χ2n) is 2.30. The number of aromatic carboxylic acids is 1. The SMILES string of the molecule is COC(=O)c1c(Cl)nc(Cl)nc1C(=O)O. The molecule has 0 atom stereocenters. The van der Waals surface area contributed by atoms with Gasteiger partial charge in [0.1, 0.15) is 10.7 Å². The van der Waals surface area contributed by atoms with Crippen LogP contribution in [0.2, 0.25) is 10.4 Å². The van der Waals surface area contributed by atoms with Crippen LogP contribution in [0, 0.1) is 0 Å². The van der Waals surface area contributed by atoms with Crippen LogP contribution in [0.5, 0.6) is 0 Å². The number of carbonyl (C=O) groups is 2. The van der Waals surface area contributed by atoms with Crippen molar-refractivity contribution in [1.29, 1.82) is 0 Å². The summed E-state index contributed by atoms with van der Waals surface area (Å²) >= 11 is 10.9. The van der Waals surface area contributed by atoms with E-state index in [0.717, 1.165) is 7.11 Å². The number of halogens is 2. The molecule has 80 valence electrons. The highest BCUT2D eigenvalue weighted by Gasteiger charge is 2.24. The number of carboxylic acids is 1. The largest absolute Gasteiger partial charge is 0.476 e. The van der Waals surface area contributed by atoms with Crippen LogP contribution in [0.25, 0.3) is 0 Å². The molecule has 1 aromatic rings. The van der Waals surface area contributed by atoms with Crippen LogP contribution in [0.4, 0.5) is 0 Å². The molecule has 0 amide bonds. The summed E-state index contributed by atoms with van der Waals surface area (Å²) in [6.45, 7) is 0. The van der Waals surface area contributed by atoms with Gasteiger partial charge in [0, 0.05) is 0 Å². The van der Waals surface area contributed by atoms with Crippen LogP contribution in [0.1, 0.15) is 20.8 Å². The maximum Gasteiger partial charge on any atom is 0.355 e. The minimum absolute atomic E-state index is 0.356. The van der Waals surface area contributed by atoms with Crippen molar-refractivity contribution < 1.29 is 19.4 Å². The smallest absolute Gasteiger partial charge is 0.355 e. The Morgan fingerprint density at radius 2 is 1.93 bits per heavy atom. The summed E-state index contributed by atoms with van der Waals surface area (Å²) in [4.78, 5) is 28.7. The summed E-state index contributed by atoms with van der Waals surface area (Å²) in [6.07, 6.45) is 0. The topological polar surface area (TPSA) is 89.4 Å². The Morgan fingerprint density at radius 1 is 1.33 bits per heavy atom. The summed E-state index contributed by atoms with van der Waals surface area (Å²) in [6, 6.07) is 0. The first-order valence-electron chi connectivity index (χ1n) is 3.52. The molecule has 6 nitrogen and oxygen atoms in total. The average molecular weight is 251 g/mol. The Kier molecular flexibility index (Phi) is 3.43. The van der Waals surface area contributed by atoms with Crippen LogP contribution in [-0.4, -0.2) is 34.1 Å². The van der Waals surface area contributed by atoms with Gasteiger partial charge in [-0.1, -0.05) is 11.6 Å². The van der Waals surface area contributed by atoms with Gasteiger partial charge >= 0.3 is 11.9 Å². The maximum atomic E-state index is 11.2. The molecule has 1 heterocycles. The zero-order chi connectivity index (χ0) is 11.6. The van der Waals surface area contributed by atoms with Crippen LogP contribution in [0.3, 0.4) is 0 Å². The third-order valence-electron chi connectivity index (χ3n) is 1.43. The van der Waals surface area contributed by atoms with Crippen molar-refractivity contribution in [2.24, 2.45) is 0 Å². The lowest BCUT2D eigenvalue weighted by atomic mass is 10.2. The minimum Gasteiger partial charge on any atom is -0.476 e. The van der Waals surface area contributed by atoms with Gasteiger partial charge in [0.05, 0.1) is 7.11 Å². The second kappa shape index (κ2) is 4.41. The summed E-state index contributed by atoms with van der Waals surface area (Å²) in [5.41, 5.74) is -1.01. The highest BCUT2D eigenvalue weighted by atomic mass is 35.5. The molecule has 0 aliphatic carbocycles. The van der Waals surface area contributed by atoms with E-state index in [9.17, 15) is 9.59 Å². The van der Waals surface area contributed by atoms with Crippen molar-refractivity contribution in [3.8, 4) is 0 Å². The normalized spacial score (nSPS) is 9.80. The van der Waals surface area contributed by atoms with Gasteiger partial charge in [-0.3, -0.25) is 0 Å². The Labute approximate surface area is 93.8 Å². The first-order chi connectivity index (χ1) is 6.97. The lowest BCUT2D eigenvalue weighted by Crippen LogP contribution is -2.14. The maximum absolute atomic E-state index is 11.2. The van der Waals surface area contributed by atoms with E-state index in [1.165, 1.54) is 0 Å². The number of methoxy groups -OCH3 is 1. The van der Waals surface area contributed by atoms with Gasteiger partial charge in [-0.25, -0.2) is 19.6 Å². The molecular weight excluding hydrogens is 247 g/mol. The number of rotatable bonds is 2. The van der Waals surface area contributed by atoms with Gasteiger partial charge in [-0.05, 0) is 11.6 Å². The van der Waals surface area contributed by atoms with Crippen LogP contribution >= 0.6 is 23.2 Å². The van der Waals surface area contributed by atoms with E-state index >= 15 is 0 Å². The molecule has 0 aliphatic heterocycles. The Hall–Kier alpha value is -1.40. The lowest BCUT2D eigenvalue weighted by molar-refractivity contribution is 0.0579. The van der Waals surface area contributed by atoms with Crippen molar-refractivity contribution in [2.75, 3.05) is 7.11 Å². The third-order valence-corrected chi connectivity index (χ3v) is 1.87. The zero-order valence-corrected chi connectivity index (χ0v) is 8.83. The monoisotopic (exact) mass is 250 g/mol.